The molecule has 2 aromatic carbocycles. The van der Waals surface area contributed by atoms with Crippen LogP contribution in [0.4, 0.5) is 11.4 Å². The first kappa shape index (κ1) is 15.8. The zero-order valence-electron chi connectivity index (χ0n) is 13.1. The molecular weight excluding hydrogens is 312 g/mol. The SMILES string of the molecule is CCc1ccc(NC(=O)Cc2ccc3c(c2)OCO3)cc1[N+](=O)[O-]. The van der Waals surface area contributed by atoms with Crippen molar-refractivity contribution in [2.45, 2.75) is 19.8 Å². The number of hydrogen-bond donors (Lipinski definition) is 1. The van der Waals surface area contributed by atoms with Crippen LogP contribution in [0, 0.1) is 10.1 Å². The van der Waals surface area contributed by atoms with Gasteiger partial charge in [-0.25, -0.2) is 0 Å². The van der Waals surface area contributed by atoms with Crippen LogP contribution in [0.25, 0.3) is 0 Å². The zero-order chi connectivity index (χ0) is 17.1. The number of nitrogens with one attached hydrogen (secondary N) is 1. The smallest absolute Gasteiger partial charge is 0.274 e. The van der Waals surface area contributed by atoms with Gasteiger partial charge in [-0.3, -0.25) is 14.9 Å². The number of hydrogen-bond acceptors (Lipinski definition) is 5. The molecule has 24 heavy (non-hydrogen) atoms. The number of fused-ring (bicyclic) bond motifs is 1. The third-order valence-electron chi connectivity index (χ3n) is 3.75. The van der Waals surface area contributed by atoms with Gasteiger partial charge in [0.15, 0.2) is 11.5 Å². The third-order valence-corrected chi connectivity index (χ3v) is 3.75. The normalized spacial score (nSPS) is 12.0. The van der Waals surface area contributed by atoms with Crippen LogP contribution in [0.5, 0.6) is 11.5 Å². The molecular formula is C17H16N2O5. The maximum atomic E-state index is 12.2. The minimum Gasteiger partial charge on any atom is -0.454 e. The number of ether oxygens (including phenoxy) is 2. The Morgan fingerprint density at radius 1 is 1.21 bits per heavy atom. The molecule has 0 unspecified atom stereocenters. The average molecular weight is 328 g/mol. The summed E-state index contributed by atoms with van der Waals surface area (Å²) < 4.78 is 10.5. The lowest BCUT2D eigenvalue weighted by molar-refractivity contribution is -0.385. The van der Waals surface area contributed by atoms with E-state index in [2.05, 4.69) is 5.32 Å². The van der Waals surface area contributed by atoms with E-state index in [0.29, 0.717) is 29.2 Å². The maximum Gasteiger partial charge on any atom is 0.274 e. The summed E-state index contributed by atoms with van der Waals surface area (Å²) in [7, 11) is 0. The van der Waals surface area contributed by atoms with Crippen molar-refractivity contribution in [3.8, 4) is 11.5 Å². The van der Waals surface area contributed by atoms with Crippen molar-refractivity contribution < 1.29 is 19.2 Å². The van der Waals surface area contributed by atoms with E-state index >= 15 is 0 Å². The van der Waals surface area contributed by atoms with Crippen LogP contribution in [0.2, 0.25) is 0 Å². The highest BCUT2D eigenvalue weighted by atomic mass is 16.7. The molecule has 0 bridgehead atoms. The van der Waals surface area contributed by atoms with E-state index in [1.165, 1.54) is 6.07 Å². The monoisotopic (exact) mass is 328 g/mol. The summed E-state index contributed by atoms with van der Waals surface area (Å²) in [6.07, 6.45) is 0.696. The Bertz CT molecular complexity index is 804. The summed E-state index contributed by atoms with van der Waals surface area (Å²) >= 11 is 0. The number of rotatable bonds is 5. The van der Waals surface area contributed by atoms with E-state index in [4.69, 9.17) is 9.47 Å². The second kappa shape index (κ2) is 6.57. The van der Waals surface area contributed by atoms with E-state index in [9.17, 15) is 14.9 Å². The molecule has 0 saturated carbocycles. The summed E-state index contributed by atoms with van der Waals surface area (Å²) in [4.78, 5) is 22.8. The average Bonchev–Trinajstić information content (AvgIpc) is 3.02. The predicted molar refractivity (Wildman–Crippen MR) is 87.4 cm³/mol. The van der Waals surface area contributed by atoms with E-state index < -0.39 is 4.92 Å². The predicted octanol–water partition coefficient (Wildman–Crippen LogP) is 3.07. The largest absolute Gasteiger partial charge is 0.454 e. The lowest BCUT2D eigenvalue weighted by atomic mass is 10.1. The lowest BCUT2D eigenvalue weighted by Crippen LogP contribution is -2.14. The number of nitrogens with zero attached hydrogens (tertiary/aromatic N) is 1. The van der Waals surface area contributed by atoms with E-state index in [1.54, 1.807) is 30.3 Å². The Balaban J connectivity index is 1.71. The summed E-state index contributed by atoms with van der Waals surface area (Å²) in [5.41, 5.74) is 1.83. The van der Waals surface area contributed by atoms with E-state index in [-0.39, 0.29) is 24.8 Å². The van der Waals surface area contributed by atoms with Gasteiger partial charge in [0.1, 0.15) is 0 Å². The van der Waals surface area contributed by atoms with Gasteiger partial charge in [0, 0.05) is 17.3 Å². The molecule has 0 spiro atoms. The maximum absolute atomic E-state index is 12.2. The first-order valence-corrected chi connectivity index (χ1v) is 7.52. The van der Waals surface area contributed by atoms with E-state index in [0.717, 1.165) is 5.56 Å². The number of carbonyl (C=O) groups is 1. The Morgan fingerprint density at radius 3 is 2.75 bits per heavy atom. The van der Waals surface area contributed by atoms with Gasteiger partial charge in [0.25, 0.3) is 5.69 Å². The summed E-state index contributed by atoms with van der Waals surface area (Å²) in [5, 5.41) is 13.8. The highest BCUT2D eigenvalue weighted by Crippen LogP contribution is 2.32. The number of aryl methyl sites for hydroxylation is 1. The number of amides is 1. The van der Waals surface area contributed by atoms with Crippen molar-refractivity contribution in [3.05, 3.63) is 57.6 Å². The Labute approximate surface area is 138 Å². The van der Waals surface area contributed by atoms with Gasteiger partial charge in [-0.2, -0.15) is 0 Å². The number of nitro groups is 1. The standard InChI is InChI=1S/C17H16N2O5/c1-2-12-4-5-13(9-14(12)19(21)22)18-17(20)8-11-3-6-15-16(7-11)24-10-23-15/h3-7,9H,2,8,10H2,1H3,(H,18,20). The van der Waals surface area contributed by atoms with Crippen LogP contribution in [-0.2, 0) is 17.6 Å². The number of benzene rings is 2. The van der Waals surface area contributed by atoms with Crippen molar-refractivity contribution in [1.82, 2.24) is 0 Å². The molecule has 0 fully saturated rings. The molecule has 0 aliphatic carbocycles. The van der Waals surface area contributed by atoms with Crippen LogP contribution < -0.4 is 14.8 Å². The van der Waals surface area contributed by atoms with Crippen molar-refractivity contribution in [2.24, 2.45) is 0 Å². The van der Waals surface area contributed by atoms with E-state index in [1.807, 2.05) is 6.92 Å². The van der Waals surface area contributed by atoms with Gasteiger partial charge in [-0.05, 0) is 30.2 Å². The third kappa shape index (κ3) is 3.29. The molecule has 0 saturated heterocycles. The Hall–Kier alpha value is -3.09. The van der Waals surface area contributed by atoms with Crippen molar-refractivity contribution in [1.29, 1.82) is 0 Å². The van der Waals surface area contributed by atoms with Gasteiger partial charge >= 0.3 is 0 Å². The molecule has 0 atom stereocenters. The number of anilines is 1. The molecule has 124 valence electrons. The molecule has 0 radical (unpaired) electrons. The Kier molecular flexibility index (Phi) is 4.33. The molecule has 2 aromatic rings. The molecule has 7 nitrogen and oxygen atoms in total. The van der Waals surface area contributed by atoms with Crippen LogP contribution >= 0.6 is 0 Å². The fourth-order valence-electron chi connectivity index (χ4n) is 2.55. The minimum atomic E-state index is -0.438. The molecule has 3 rings (SSSR count). The Morgan fingerprint density at radius 2 is 2.00 bits per heavy atom. The highest BCUT2D eigenvalue weighted by Gasteiger charge is 2.16. The van der Waals surface area contributed by atoms with Crippen molar-refractivity contribution >= 4 is 17.3 Å². The van der Waals surface area contributed by atoms with Crippen LogP contribution in [0.15, 0.2) is 36.4 Å². The molecule has 1 N–H and O–H groups in total. The molecule has 0 aromatic heterocycles. The first-order chi connectivity index (χ1) is 11.6. The zero-order valence-corrected chi connectivity index (χ0v) is 13.1. The number of nitro benzene ring substituents is 1. The van der Waals surface area contributed by atoms with Crippen molar-refractivity contribution in [2.75, 3.05) is 12.1 Å². The summed E-state index contributed by atoms with van der Waals surface area (Å²) in [6.45, 7) is 2.03. The van der Waals surface area contributed by atoms with Gasteiger partial charge in [0.2, 0.25) is 12.7 Å². The molecule has 7 heteroatoms. The topological polar surface area (TPSA) is 90.7 Å². The summed E-state index contributed by atoms with van der Waals surface area (Å²) in [5.74, 6) is 1.01. The molecule has 1 amide bonds. The fourth-order valence-corrected chi connectivity index (χ4v) is 2.55. The quantitative estimate of drug-likeness (QED) is 0.673. The van der Waals surface area contributed by atoms with Gasteiger partial charge < -0.3 is 14.8 Å². The summed E-state index contributed by atoms with van der Waals surface area (Å²) in [6, 6.07) is 10.0. The van der Waals surface area contributed by atoms with Crippen LogP contribution in [-0.4, -0.2) is 17.6 Å². The molecule has 1 heterocycles. The van der Waals surface area contributed by atoms with Gasteiger partial charge in [-0.1, -0.05) is 19.1 Å². The molecule has 1 aliphatic rings. The van der Waals surface area contributed by atoms with Crippen LogP contribution in [0.1, 0.15) is 18.1 Å². The van der Waals surface area contributed by atoms with Gasteiger partial charge in [0.05, 0.1) is 11.3 Å². The first-order valence-electron chi connectivity index (χ1n) is 7.52. The number of carbonyl (C=O) groups excluding carboxylic acids is 1. The lowest BCUT2D eigenvalue weighted by Gasteiger charge is -2.07. The van der Waals surface area contributed by atoms with Crippen molar-refractivity contribution in [3.63, 3.8) is 0 Å². The van der Waals surface area contributed by atoms with Crippen LogP contribution in [0.3, 0.4) is 0 Å². The minimum absolute atomic E-state index is 0.0124. The second-order valence-corrected chi connectivity index (χ2v) is 5.37. The van der Waals surface area contributed by atoms with Gasteiger partial charge in [-0.15, -0.1) is 0 Å². The second-order valence-electron chi connectivity index (χ2n) is 5.37. The fraction of sp³-hybridized carbons (Fsp3) is 0.235. The molecule has 1 aliphatic heterocycles. The highest BCUT2D eigenvalue weighted by molar-refractivity contribution is 5.92.